The van der Waals surface area contributed by atoms with Gasteiger partial charge in [0.05, 0.1) is 0 Å². The van der Waals surface area contributed by atoms with Crippen LogP contribution < -0.4 is 5.73 Å². The Morgan fingerprint density at radius 1 is 1.00 bits per heavy atom. The monoisotopic (exact) mass is 208 g/mol. The Labute approximate surface area is 93.2 Å². The van der Waals surface area contributed by atoms with E-state index in [-0.39, 0.29) is 0 Å². The van der Waals surface area contributed by atoms with E-state index in [9.17, 15) is 0 Å². The Morgan fingerprint density at radius 3 is 2.00 bits per heavy atom. The van der Waals surface area contributed by atoms with Crippen LogP contribution in [0.15, 0.2) is 0 Å². The highest BCUT2D eigenvalue weighted by Crippen LogP contribution is 2.54. The van der Waals surface area contributed by atoms with E-state index in [0.29, 0.717) is 0 Å². The Kier molecular flexibility index (Phi) is 2.52. The topological polar surface area (TPSA) is 29.3 Å². The van der Waals surface area contributed by atoms with Gasteiger partial charge < -0.3 is 10.6 Å². The molecule has 86 valence electrons. The van der Waals surface area contributed by atoms with Gasteiger partial charge in [0.2, 0.25) is 0 Å². The van der Waals surface area contributed by atoms with Crippen LogP contribution in [-0.2, 0) is 0 Å². The molecule has 0 aromatic carbocycles. The summed E-state index contributed by atoms with van der Waals surface area (Å²) in [7, 11) is 2.29. The molecule has 15 heavy (non-hydrogen) atoms. The van der Waals surface area contributed by atoms with Crippen molar-refractivity contribution in [3.05, 3.63) is 0 Å². The molecule has 2 nitrogen and oxygen atoms in total. The van der Waals surface area contributed by atoms with Crippen molar-refractivity contribution >= 4 is 0 Å². The van der Waals surface area contributed by atoms with Crippen molar-refractivity contribution in [2.24, 2.45) is 29.4 Å². The molecule has 0 unspecified atom stereocenters. The van der Waals surface area contributed by atoms with Crippen molar-refractivity contribution in [1.82, 2.24) is 4.90 Å². The van der Waals surface area contributed by atoms with Gasteiger partial charge in [-0.3, -0.25) is 0 Å². The highest BCUT2D eigenvalue weighted by Gasteiger charge is 2.49. The minimum absolute atomic E-state index is 0.819. The molecule has 0 aromatic rings. The zero-order valence-corrected chi connectivity index (χ0v) is 9.86. The van der Waals surface area contributed by atoms with Crippen LogP contribution in [0.4, 0.5) is 0 Å². The molecular formula is C13H24N2. The zero-order valence-electron chi connectivity index (χ0n) is 9.86. The lowest BCUT2D eigenvalue weighted by atomic mass is 9.54. The lowest BCUT2D eigenvalue weighted by Gasteiger charge is -2.56. The summed E-state index contributed by atoms with van der Waals surface area (Å²) in [5.74, 6) is 4.21. The molecule has 0 atom stereocenters. The SMILES string of the molecule is CN(CCN)C1C2CC3CC(C2)CC1C3. The molecular weight excluding hydrogens is 184 g/mol. The first-order valence-electron chi connectivity index (χ1n) is 6.68. The van der Waals surface area contributed by atoms with Gasteiger partial charge in [0.1, 0.15) is 0 Å². The molecule has 4 saturated carbocycles. The molecule has 4 aliphatic carbocycles. The first-order chi connectivity index (χ1) is 7.28. The van der Waals surface area contributed by atoms with Gasteiger partial charge in [0.25, 0.3) is 0 Å². The molecule has 0 saturated heterocycles. The van der Waals surface area contributed by atoms with Crippen molar-refractivity contribution in [2.75, 3.05) is 20.1 Å². The molecule has 0 heterocycles. The summed E-state index contributed by atoms with van der Waals surface area (Å²) in [5.41, 5.74) is 5.68. The molecule has 0 spiro atoms. The van der Waals surface area contributed by atoms with Gasteiger partial charge in [0.15, 0.2) is 0 Å². The minimum atomic E-state index is 0.819. The van der Waals surface area contributed by atoms with Crippen molar-refractivity contribution in [1.29, 1.82) is 0 Å². The van der Waals surface area contributed by atoms with E-state index in [1.165, 1.54) is 25.7 Å². The van der Waals surface area contributed by atoms with Crippen LogP contribution in [0.2, 0.25) is 0 Å². The summed E-state index contributed by atoms with van der Waals surface area (Å²) in [6, 6.07) is 0.876. The first-order valence-corrected chi connectivity index (χ1v) is 6.68. The molecule has 0 amide bonds. The Hall–Kier alpha value is -0.0800. The summed E-state index contributed by atoms with van der Waals surface area (Å²) in [4.78, 5) is 2.56. The van der Waals surface area contributed by atoms with Crippen LogP contribution in [-0.4, -0.2) is 31.1 Å². The predicted octanol–water partition coefficient (Wildman–Crippen LogP) is 1.70. The van der Waals surface area contributed by atoms with Gasteiger partial charge in [-0.25, -0.2) is 0 Å². The van der Waals surface area contributed by atoms with E-state index in [4.69, 9.17) is 5.73 Å². The fraction of sp³-hybridized carbons (Fsp3) is 1.00. The van der Waals surface area contributed by atoms with Gasteiger partial charge in [-0.15, -0.1) is 0 Å². The molecule has 0 radical (unpaired) electrons. The van der Waals surface area contributed by atoms with Gasteiger partial charge in [-0.2, -0.15) is 0 Å². The number of likely N-dealkylation sites (N-methyl/N-ethyl adjacent to an activating group) is 1. The van der Waals surface area contributed by atoms with E-state index in [1.54, 1.807) is 6.42 Å². The van der Waals surface area contributed by atoms with Crippen LogP contribution >= 0.6 is 0 Å². The average molecular weight is 208 g/mol. The van der Waals surface area contributed by atoms with Gasteiger partial charge in [-0.1, -0.05) is 0 Å². The summed E-state index contributed by atoms with van der Waals surface area (Å²) >= 11 is 0. The zero-order chi connectivity index (χ0) is 10.4. The second-order valence-electron chi connectivity index (χ2n) is 6.19. The van der Waals surface area contributed by atoms with E-state index < -0.39 is 0 Å². The Balaban J connectivity index is 1.74. The second kappa shape index (κ2) is 3.74. The molecule has 4 bridgehead atoms. The van der Waals surface area contributed by atoms with Crippen LogP contribution in [0.25, 0.3) is 0 Å². The summed E-state index contributed by atoms with van der Waals surface area (Å²) in [6.45, 7) is 1.91. The third-order valence-electron chi connectivity index (χ3n) is 5.17. The van der Waals surface area contributed by atoms with Crippen LogP contribution in [0.5, 0.6) is 0 Å². The highest BCUT2D eigenvalue weighted by atomic mass is 15.1. The van der Waals surface area contributed by atoms with Crippen LogP contribution in [0, 0.1) is 23.7 Å². The fourth-order valence-corrected chi connectivity index (χ4v) is 4.97. The second-order valence-corrected chi connectivity index (χ2v) is 6.19. The third-order valence-corrected chi connectivity index (χ3v) is 5.17. The molecule has 2 heteroatoms. The lowest BCUT2D eigenvalue weighted by molar-refractivity contribution is -0.0564. The van der Waals surface area contributed by atoms with E-state index in [2.05, 4.69) is 11.9 Å². The average Bonchev–Trinajstić information content (AvgIpc) is 2.15. The first kappa shape index (κ1) is 10.1. The molecule has 4 aliphatic rings. The molecule has 0 aromatic heterocycles. The molecule has 2 N–H and O–H groups in total. The number of hydrogen-bond acceptors (Lipinski definition) is 2. The number of nitrogens with two attached hydrogens (primary N) is 1. The Bertz CT molecular complexity index is 211. The van der Waals surface area contributed by atoms with Gasteiger partial charge >= 0.3 is 0 Å². The number of hydrogen-bond donors (Lipinski definition) is 1. The van der Waals surface area contributed by atoms with Crippen molar-refractivity contribution in [2.45, 2.75) is 38.1 Å². The molecule has 4 fully saturated rings. The van der Waals surface area contributed by atoms with E-state index >= 15 is 0 Å². The van der Waals surface area contributed by atoms with Gasteiger partial charge in [-0.05, 0) is 62.8 Å². The van der Waals surface area contributed by atoms with Crippen LogP contribution in [0.3, 0.4) is 0 Å². The maximum atomic E-state index is 5.68. The summed E-state index contributed by atoms with van der Waals surface area (Å²) in [5, 5.41) is 0. The Morgan fingerprint density at radius 2 is 1.53 bits per heavy atom. The summed E-state index contributed by atoms with van der Waals surface area (Å²) in [6.07, 6.45) is 7.64. The number of rotatable bonds is 3. The van der Waals surface area contributed by atoms with Gasteiger partial charge in [0, 0.05) is 19.1 Å². The third kappa shape index (κ3) is 1.62. The standard InChI is InChI=1S/C13H24N2/c1-15(3-2-14)13-11-5-9-4-10(7-11)8-12(13)6-9/h9-13H,2-8,14H2,1H3. The highest BCUT2D eigenvalue weighted by molar-refractivity contribution is 5.01. The number of nitrogens with zero attached hydrogens (tertiary/aromatic N) is 1. The molecule has 0 aliphatic heterocycles. The minimum Gasteiger partial charge on any atom is -0.329 e. The van der Waals surface area contributed by atoms with E-state index in [0.717, 1.165) is 42.8 Å². The van der Waals surface area contributed by atoms with Crippen molar-refractivity contribution < 1.29 is 0 Å². The van der Waals surface area contributed by atoms with E-state index in [1.807, 2.05) is 0 Å². The van der Waals surface area contributed by atoms with Crippen molar-refractivity contribution in [3.8, 4) is 0 Å². The smallest absolute Gasteiger partial charge is 0.0150 e. The summed E-state index contributed by atoms with van der Waals surface area (Å²) < 4.78 is 0. The normalized spacial score (nSPS) is 47.8. The maximum Gasteiger partial charge on any atom is 0.0150 e. The fourth-order valence-electron chi connectivity index (χ4n) is 4.97. The molecule has 4 rings (SSSR count). The van der Waals surface area contributed by atoms with Crippen molar-refractivity contribution in [3.63, 3.8) is 0 Å². The largest absolute Gasteiger partial charge is 0.329 e. The van der Waals surface area contributed by atoms with Crippen LogP contribution in [0.1, 0.15) is 32.1 Å². The predicted molar refractivity (Wildman–Crippen MR) is 62.5 cm³/mol. The quantitative estimate of drug-likeness (QED) is 0.765. The maximum absolute atomic E-state index is 5.68. The lowest BCUT2D eigenvalue weighted by Crippen LogP contribution is -2.55.